The van der Waals surface area contributed by atoms with Crippen LogP contribution in [0.4, 0.5) is 15.3 Å². The molecule has 184 valence electrons. The van der Waals surface area contributed by atoms with Crippen LogP contribution in [0.3, 0.4) is 0 Å². The summed E-state index contributed by atoms with van der Waals surface area (Å²) in [5, 5.41) is 15.2. The lowest BCUT2D eigenvalue weighted by molar-refractivity contribution is -0.141. The van der Waals surface area contributed by atoms with E-state index in [2.05, 4.69) is 16.6 Å². The molecule has 4 amide bonds. The van der Waals surface area contributed by atoms with Crippen molar-refractivity contribution < 1.29 is 24.2 Å². The van der Waals surface area contributed by atoms with Gasteiger partial charge in [0.25, 0.3) is 0 Å². The minimum Gasteiger partial charge on any atom is -0.491 e. The Morgan fingerprint density at radius 3 is 2.46 bits per heavy atom. The number of nitrogens with zero attached hydrogens (tertiary/aromatic N) is 2. The fraction of sp³-hybridized carbons (Fsp3) is 0.346. The average Bonchev–Trinajstić information content (AvgIpc) is 2.81. The molecule has 1 saturated heterocycles. The van der Waals surface area contributed by atoms with Crippen molar-refractivity contribution in [1.29, 1.82) is 0 Å². The molecule has 9 heteroatoms. The highest BCUT2D eigenvalue weighted by Gasteiger charge is 2.39. The lowest BCUT2D eigenvalue weighted by atomic mass is 10.1. The van der Waals surface area contributed by atoms with Crippen LogP contribution in [-0.2, 0) is 11.3 Å². The number of carboxylic acid groups (broad SMARTS) is 1. The Morgan fingerprint density at radius 1 is 1.20 bits per heavy atom. The molecule has 1 unspecified atom stereocenters. The second kappa shape index (κ2) is 10.8. The van der Waals surface area contributed by atoms with Gasteiger partial charge < -0.3 is 15.2 Å². The second-order valence-corrected chi connectivity index (χ2v) is 8.74. The number of rotatable bonds is 9. The molecule has 1 heterocycles. The Bertz CT molecular complexity index is 1140. The summed E-state index contributed by atoms with van der Waals surface area (Å²) in [6.45, 7) is 7.15. The molecular formula is C26H30N4O5. The first-order valence-corrected chi connectivity index (χ1v) is 11.3. The van der Waals surface area contributed by atoms with Crippen molar-refractivity contribution in [3.05, 3.63) is 59.2 Å². The molecule has 1 aliphatic heterocycles. The molecule has 2 atom stereocenters. The minimum atomic E-state index is -1.10. The number of terminal acetylenes is 1. The van der Waals surface area contributed by atoms with E-state index in [4.69, 9.17) is 11.2 Å². The van der Waals surface area contributed by atoms with Crippen LogP contribution in [-0.4, -0.2) is 51.9 Å². The standard InChI is InChI=1S/C26H30N4O5/c1-6-19-7-9-20(10-8-19)15-29-24(27-21-11-12-22(17(4)13-21)35-16(2)3)28-25(33)30(26(29)34)14-18(5)23(31)32/h1,7-13,16,18,24,27H,14-15H2,2-5H3,(H,28,33)(H,31,32)/t18-,24?/m0/s1. The zero-order valence-corrected chi connectivity index (χ0v) is 20.2. The van der Waals surface area contributed by atoms with Crippen LogP contribution < -0.4 is 15.4 Å². The number of imide groups is 1. The number of urea groups is 2. The number of aryl methyl sites for hydroxylation is 1. The van der Waals surface area contributed by atoms with Crippen LogP contribution in [0.5, 0.6) is 5.75 Å². The number of carboxylic acids is 1. The molecule has 0 aromatic heterocycles. The molecule has 0 radical (unpaired) electrons. The van der Waals surface area contributed by atoms with Gasteiger partial charge in [-0.25, -0.2) is 14.5 Å². The van der Waals surface area contributed by atoms with Gasteiger partial charge in [-0.1, -0.05) is 25.0 Å². The van der Waals surface area contributed by atoms with Gasteiger partial charge in [0.05, 0.1) is 18.6 Å². The number of carbonyl (C=O) groups is 3. The predicted molar refractivity (Wildman–Crippen MR) is 132 cm³/mol. The van der Waals surface area contributed by atoms with E-state index in [-0.39, 0.29) is 19.2 Å². The maximum atomic E-state index is 13.4. The molecule has 0 saturated carbocycles. The summed E-state index contributed by atoms with van der Waals surface area (Å²) in [4.78, 5) is 39.8. The molecule has 0 aliphatic carbocycles. The highest BCUT2D eigenvalue weighted by Crippen LogP contribution is 2.25. The maximum absolute atomic E-state index is 13.4. The normalized spacial score (nSPS) is 16.5. The molecule has 2 aromatic carbocycles. The third-order valence-corrected chi connectivity index (χ3v) is 5.49. The average molecular weight is 479 g/mol. The van der Waals surface area contributed by atoms with E-state index in [1.807, 2.05) is 45.0 Å². The Labute approximate surface area is 205 Å². The van der Waals surface area contributed by atoms with Crippen LogP contribution in [0.2, 0.25) is 0 Å². The van der Waals surface area contributed by atoms with Gasteiger partial charge in [0.15, 0.2) is 6.29 Å². The summed E-state index contributed by atoms with van der Waals surface area (Å²) in [7, 11) is 0. The van der Waals surface area contributed by atoms with Gasteiger partial charge in [-0.05, 0) is 62.2 Å². The number of carbonyl (C=O) groups excluding carboxylic acids is 2. The third-order valence-electron chi connectivity index (χ3n) is 5.49. The molecule has 0 spiro atoms. The smallest absolute Gasteiger partial charge is 0.331 e. The summed E-state index contributed by atoms with van der Waals surface area (Å²) < 4.78 is 5.78. The molecular weight excluding hydrogens is 448 g/mol. The lowest BCUT2D eigenvalue weighted by Gasteiger charge is -2.41. The van der Waals surface area contributed by atoms with Crippen molar-refractivity contribution in [2.75, 3.05) is 11.9 Å². The second-order valence-electron chi connectivity index (χ2n) is 8.74. The van der Waals surface area contributed by atoms with E-state index in [9.17, 15) is 19.5 Å². The monoisotopic (exact) mass is 478 g/mol. The van der Waals surface area contributed by atoms with Gasteiger partial charge in [-0.15, -0.1) is 6.42 Å². The molecule has 2 aromatic rings. The highest BCUT2D eigenvalue weighted by molar-refractivity contribution is 5.96. The van der Waals surface area contributed by atoms with Crippen molar-refractivity contribution >= 4 is 23.7 Å². The Hall–Kier alpha value is -4.19. The zero-order valence-electron chi connectivity index (χ0n) is 20.2. The topological polar surface area (TPSA) is 111 Å². The van der Waals surface area contributed by atoms with Crippen LogP contribution in [0.15, 0.2) is 42.5 Å². The predicted octanol–water partition coefficient (Wildman–Crippen LogP) is 3.83. The van der Waals surface area contributed by atoms with Crippen LogP contribution in [0.1, 0.15) is 37.5 Å². The van der Waals surface area contributed by atoms with E-state index in [0.29, 0.717) is 11.3 Å². The van der Waals surface area contributed by atoms with Gasteiger partial charge in [0.1, 0.15) is 5.75 Å². The largest absolute Gasteiger partial charge is 0.491 e. The van der Waals surface area contributed by atoms with Gasteiger partial charge in [0.2, 0.25) is 0 Å². The van der Waals surface area contributed by atoms with Gasteiger partial charge in [0, 0.05) is 17.8 Å². The third kappa shape index (κ3) is 6.23. The number of ether oxygens (including phenoxy) is 1. The Balaban J connectivity index is 1.88. The molecule has 3 N–H and O–H groups in total. The molecule has 1 aliphatic rings. The lowest BCUT2D eigenvalue weighted by Crippen LogP contribution is -2.67. The summed E-state index contributed by atoms with van der Waals surface area (Å²) in [6, 6.07) is 11.4. The first kappa shape index (κ1) is 25.4. The van der Waals surface area contributed by atoms with E-state index >= 15 is 0 Å². The number of anilines is 1. The van der Waals surface area contributed by atoms with Gasteiger partial charge in [-0.2, -0.15) is 0 Å². The van der Waals surface area contributed by atoms with Crippen molar-refractivity contribution in [2.24, 2.45) is 5.92 Å². The van der Waals surface area contributed by atoms with Crippen LogP contribution in [0, 0.1) is 25.2 Å². The minimum absolute atomic E-state index is 0.0262. The van der Waals surface area contributed by atoms with E-state index in [1.54, 1.807) is 18.2 Å². The quantitative estimate of drug-likeness (QED) is 0.473. The van der Waals surface area contributed by atoms with E-state index in [1.165, 1.54) is 11.8 Å². The van der Waals surface area contributed by atoms with Crippen molar-refractivity contribution in [3.8, 4) is 18.1 Å². The number of nitrogens with one attached hydrogen (secondary N) is 2. The number of hydrogen-bond donors (Lipinski definition) is 3. The SMILES string of the molecule is C#Cc1ccc(CN2C(=O)N(C[C@H](C)C(=O)O)C(=O)NC2Nc2ccc(OC(C)C)c(C)c2)cc1. The van der Waals surface area contributed by atoms with Crippen molar-refractivity contribution in [1.82, 2.24) is 15.1 Å². The zero-order chi connectivity index (χ0) is 25.7. The Morgan fingerprint density at radius 2 is 1.89 bits per heavy atom. The summed E-state index contributed by atoms with van der Waals surface area (Å²) in [5.41, 5.74) is 3.07. The number of benzene rings is 2. The summed E-state index contributed by atoms with van der Waals surface area (Å²) >= 11 is 0. The summed E-state index contributed by atoms with van der Waals surface area (Å²) in [5.74, 6) is 1.28. The summed E-state index contributed by atoms with van der Waals surface area (Å²) in [6.07, 6.45) is 4.59. The fourth-order valence-corrected chi connectivity index (χ4v) is 3.60. The fourth-order valence-electron chi connectivity index (χ4n) is 3.60. The molecule has 0 bridgehead atoms. The van der Waals surface area contributed by atoms with Crippen molar-refractivity contribution in [3.63, 3.8) is 0 Å². The highest BCUT2D eigenvalue weighted by atomic mass is 16.5. The Kier molecular flexibility index (Phi) is 7.87. The number of hydrogen-bond acceptors (Lipinski definition) is 5. The van der Waals surface area contributed by atoms with E-state index in [0.717, 1.165) is 21.8 Å². The maximum Gasteiger partial charge on any atom is 0.331 e. The van der Waals surface area contributed by atoms with Gasteiger partial charge >= 0.3 is 18.0 Å². The molecule has 1 fully saturated rings. The van der Waals surface area contributed by atoms with Crippen LogP contribution in [0.25, 0.3) is 0 Å². The first-order chi connectivity index (χ1) is 16.6. The number of aliphatic carboxylic acids is 1. The number of amides is 4. The van der Waals surface area contributed by atoms with Crippen LogP contribution >= 0.6 is 0 Å². The first-order valence-electron chi connectivity index (χ1n) is 11.3. The molecule has 9 nitrogen and oxygen atoms in total. The molecule has 3 rings (SSSR count). The van der Waals surface area contributed by atoms with E-state index < -0.39 is 30.2 Å². The molecule has 35 heavy (non-hydrogen) atoms. The van der Waals surface area contributed by atoms with Gasteiger partial charge in [-0.3, -0.25) is 15.0 Å². The van der Waals surface area contributed by atoms with Crippen molar-refractivity contribution in [2.45, 2.75) is 46.6 Å².